The van der Waals surface area contributed by atoms with Crippen molar-refractivity contribution in [1.82, 2.24) is 24.8 Å². The lowest BCUT2D eigenvalue weighted by Crippen LogP contribution is -2.28. The van der Waals surface area contributed by atoms with Crippen molar-refractivity contribution >= 4 is 29.1 Å². The lowest BCUT2D eigenvalue weighted by atomic mass is 9.93. The predicted molar refractivity (Wildman–Crippen MR) is 105 cm³/mol. The minimum absolute atomic E-state index is 0.144. The summed E-state index contributed by atoms with van der Waals surface area (Å²) in [5, 5.41) is 15.7. The van der Waals surface area contributed by atoms with E-state index >= 15 is 0 Å². The van der Waals surface area contributed by atoms with Crippen molar-refractivity contribution in [1.29, 1.82) is 0 Å². The van der Waals surface area contributed by atoms with Gasteiger partial charge in [-0.2, -0.15) is 9.61 Å². The molecule has 3 aromatic rings. The van der Waals surface area contributed by atoms with Crippen molar-refractivity contribution in [3.63, 3.8) is 0 Å². The summed E-state index contributed by atoms with van der Waals surface area (Å²) >= 11 is 1.21. The molecule has 0 aliphatic carbocycles. The van der Waals surface area contributed by atoms with Gasteiger partial charge in [0.1, 0.15) is 5.69 Å². The maximum Gasteiger partial charge on any atom is 0.274 e. The Balaban J connectivity index is 1.79. The van der Waals surface area contributed by atoms with Gasteiger partial charge in [0.15, 0.2) is 0 Å². The first kappa shape index (κ1) is 19.1. The van der Waals surface area contributed by atoms with Crippen molar-refractivity contribution in [2.24, 2.45) is 0 Å². The van der Waals surface area contributed by atoms with Crippen LogP contribution in [0.3, 0.4) is 0 Å². The molecule has 0 aliphatic heterocycles. The monoisotopic (exact) mass is 386 g/mol. The number of aryl methyl sites for hydroxylation is 2. The zero-order valence-electron chi connectivity index (χ0n) is 16.0. The van der Waals surface area contributed by atoms with Gasteiger partial charge >= 0.3 is 0 Å². The molecule has 0 spiro atoms. The van der Waals surface area contributed by atoms with Crippen molar-refractivity contribution in [3.8, 4) is 0 Å². The normalized spacial score (nSPS) is 11.7. The first-order valence-corrected chi connectivity index (χ1v) is 9.50. The number of hydrogen-bond donors (Lipinski definition) is 2. The zero-order chi connectivity index (χ0) is 19.8. The number of aromatic amines is 1. The smallest absolute Gasteiger partial charge is 0.274 e. The van der Waals surface area contributed by atoms with Gasteiger partial charge in [0.2, 0.25) is 11.1 Å². The number of hydrogen-bond acceptors (Lipinski definition) is 6. The van der Waals surface area contributed by atoms with Gasteiger partial charge in [-0.15, -0.1) is 10.2 Å². The summed E-state index contributed by atoms with van der Waals surface area (Å²) in [4.78, 5) is 27.2. The Bertz CT molecular complexity index is 1040. The van der Waals surface area contributed by atoms with E-state index in [1.807, 2.05) is 52.8 Å². The van der Waals surface area contributed by atoms with Crippen LogP contribution in [-0.4, -0.2) is 36.5 Å². The second-order valence-corrected chi connectivity index (χ2v) is 8.32. The van der Waals surface area contributed by atoms with Crippen LogP contribution in [0.5, 0.6) is 0 Å². The number of anilines is 1. The molecule has 9 heteroatoms. The van der Waals surface area contributed by atoms with E-state index in [0.29, 0.717) is 10.9 Å². The molecule has 3 rings (SSSR count). The maximum absolute atomic E-state index is 12.4. The minimum Gasteiger partial charge on any atom is -0.325 e. The number of carbonyl (C=O) groups is 1. The molecule has 0 saturated heterocycles. The zero-order valence-corrected chi connectivity index (χ0v) is 16.8. The topological polar surface area (TPSA) is 105 Å². The van der Waals surface area contributed by atoms with Gasteiger partial charge in [-0.1, -0.05) is 50.7 Å². The number of thioether (sulfide) groups is 1. The van der Waals surface area contributed by atoms with Gasteiger partial charge in [-0.25, -0.2) is 0 Å². The van der Waals surface area contributed by atoms with Crippen molar-refractivity contribution in [3.05, 3.63) is 45.4 Å². The molecule has 0 aliphatic rings. The van der Waals surface area contributed by atoms with Gasteiger partial charge in [0, 0.05) is 11.1 Å². The van der Waals surface area contributed by atoms with Gasteiger partial charge in [-0.3, -0.25) is 14.6 Å². The Kier molecular flexibility index (Phi) is 5.05. The third-order valence-electron chi connectivity index (χ3n) is 4.04. The number of nitrogens with one attached hydrogen (secondary N) is 2. The molecule has 1 amide bonds. The predicted octanol–water partition coefficient (Wildman–Crippen LogP) is 2.46. The van der Waals surface area contributed by atoms with E-state index in [9.17, 15) is 9.59 Å². The second kappa shape index (κ2) is 7.15. The SMILES string of the molecule is Cc1cccc(C)c1NC(=O)CSc1nnc2[nH]c(=O)c(C(C)(C)C)nn12. The number of H-pyrrole nitrogens is 1. The highest BCUT2D eigenvalue weighted by molar-refractivity contribution is 7.99. The summed E-state index contributed by atoms with van der Waals surface area (Å²) in [5.74, 6) is 0.264. The Morgan fingerprint density at radius 2 is 1.89 bits per heavy atom. The molecule has 2 aromatic heterocycles. The highest BCUT2D eigenvalue weighted by atomic mass is 32.2. The molecule has 142 valence electrons. The summed E-state index contributed by atoms with van der Waals surface area (Å²) < 4.78 is 1.47. The maximum atomic E-state index is 12.4. The Morgan fingerprint density at radius 3 is 2.52 bits per heavy atom. The van der Waals surface area contributed by atoms with E-state index in [1.165, 1.54) is 16.3 Å². The summed E-state index contributed by atoms with van der Waals surface area (Å²) in [6, 6.07) is 5.86. The number of carbonyl (C=O) groups excluding carboxylic acids is 1. The van der Waals surface area contributed by atoms with Gasteiger partial charge < -0.3 is 5.32 Å². The van der Waals surface area contributed by atoms with Crippen LogP contribution in [0.15, 0.2) is 28.2 Å². The third-order valence-corrected chi connectivity index (χ3v) is 4.96. The number of rotatable bonds is 4. The molecule has 2 N–H and O–H groups in total. The fourth-order valence-electron chi connectivity index (χ4n) is 2.64. The minimum atomic E-state index is -0.423. The summed E-state index contributed by atoms with van der Waals surface area (Å²) in [6.07, 6.45) is 0. The highest BCUT2D eigenvalue weighted by Crippen LogP contribution is 2.21. The largest absolute Gasteiger partial charge is 0.325 e. The van der Waals surface area contributed by atoms with Crippen LogP contribution in [0.4, 0.5) is 5.69 Å². The lowest BCUT2D eigenvalue weighted by Gasteiger charge is -2.15. The van der Waals surface area contributed by atoms with Crippen molar-refractivity contribution in [2.45, 2.75) is 45.2 Å². The Labute approximate surface area is 160 Å². The summed E-state index contributed by atoms with van der Waals surface area (Å²) in [7, 11) is 0. The van der Waals surface area contributed by atoms with E-state index in [4.69, 9.17) is 0 Å². The van der Waals surface area contributed by atoms with Crippen LogP contribution in [0.2, 0.25) is 0 Å². The molecule has 0 unspecified atom stereocenters. The fourth-order valence-corrected chi connectivity index (χ4v) is 3.32. The van der Waals surface area contributed by atoms with Crippen LogP contribution in [0, 0.1) is 13.8 Å². The molecule has 0 atom stereocenters. The molecule has 0 radical (unpaired) electrons. The van der Waals surface area contributed by atoms with Gasteiger partial charge in [-0.05, 0) is 25.0 Å². The number of fused-ring (bicyclic) bond motifs is 1. The first-order chi connectivity index (χ1) is 12.7. The van der Waals surface area contributed by atoms with E-state index in [1.54, 1.807) is 0 Å². The van der Waals surface area contributed by atoms with E-state index in [-0.39, 0.29) is 23.0 Å². The molecule has 0 fully saturated rings. The molecule has 1 aromatic carbocycles. The number of nitrogens with zero attached hydrogens (tertiary/aromatic N) is 4. The average molecular weight is 386 g/mol. The van der Waals surface area contributed by atoms with Crippen LogP contribution in [0.25, 0.3) is 5.78 Å². The van der Waals surface area contributed by atoms with Gasteiger partial charge in [0.25, 0.3) is 11.3 Å². The highest BCUT2D eigenvalue weighted by Gasteiger charge is 2.22. The van der Waals surface area contributed by atoms with E-state index in [2.05, 4.69) is 25.6 Å². The van der Waals surface area contributed by atoms with Crippen molar-refractivity contribution in [2.75, 3.05) is 11.1 Å². The Morgan fingerprint density at radius 1 is 1.22 bits per heavy atom. The number of aromatic nitrogens is 5. The summed E-state index contributed by atoms with van der Waals surface area (Å²) in [5.41, 5.74) is 2.52. The second-order valence-electron chi connectivity index (χ2n) is 7.37. The molecule has 27 heavy (non-hydrogen) atoms. The van der Waals surface area contributed by atoms with Crippen LogP contribution < -0.4 is 10.9 Å². The van der Waals surface area contributed by atoms with Crippen LogP contribution in [0.1, 0.15) is 37.6 Å². The molecule has 0 bridgehead atoms. The quantitative estimate of drug-likeness (QED) is 0.668. The number of para-hydroxylation sites is 1. The standard InChI is InChI=1S/C18H22N6O2S/c1-10-7-6-8-11(2)13(10)19-12(25)9-27-17-22-21-16-20-15(26)14(18(3,4)5)23-24(16)17/h6-8H,9H2,1-5H3,(H,19,25)(H,20,21,26). The van der Waals surface area contributed by atoms with Gasteiger partial charge in [0.05, 0.1) is 5.75 Å². The molecule has 0 saturated carbocycles. The lowest BCUT2D eigenvalue weighted by molar-refractivity contribution is -0.113. The molecule has 2 heterocycles. The number of benzene rings is 1. The molecular weight excluding hydrogens is 364 g/mol. The fraction of sp³-hybridized carbons (Fsp3) is 0.389. The average Bonchev–Trinajstić information content (AvgIpc) is 2.96. The van der Waals surface area contributed by atoms with E-state index < -0.39 is 5.41 Å². The first-order valence-electron chi connectivity index (χ1n) is 8.52. The summed E-state index contributed by atoms with van der Waals surface area (Å²) in [6.45, 7) is 9.63. The molecule has 8 nitrogen and oxygen atoms in total. The number of amides is 1. The van der Waals surface area contributed by atoms with Crippen LogP contribution >= 0.6 is 11.8 Å². The molecular formula is C18H22N6O2S. The van der Waals surface area contributed by atoms with E-state index in [0.717, 1.165) is 16.8 Å². The van der Waals surface area contributed by atoms with Crippen LogP contribution in [-0.2, 0) is 10.2 Å². The third kappa shape index (κ3) is 4.02. The Hall–Kier alpha value is -2.68. The van der Waals surface area contributed by atoms with Crippen molar-refractivity contribution < 1.29 is 4.79 Å².